The minimum absolute atomic E-state index is 0.176. The fourth-order valence-corrected chi connectivity index (χ4v) is 3.05. The highest BCUT2D eigenvalue weighted by Gasteiger charge is 2.21. The number of halogens is 1. The van der Waals surface area contributed by atoms with E-state index < -0.39 is 15.8 Å². The molecule has 1 aliphatic rings. The van der Waals surface area contributed by atoms with Crippen LogP contribution in [-0.2, 0) is 16.6 Å². The zero-order valence-electron chi connectivity index (χ0n) is 11.8. The van der Waals surface area contributed by atoms with Crippen molar-refractivity contribution in [3.8, 4) is 0 Å². The summed E-state index contributed by atoms with van der Waals surface area (Å²) in [5.74, 6) is -0.522. The molecule has 0 aromatic heterocycles. The lowest BCUT2D eigenvalue weighted by atomic mass is 10.2. The minimum atomic E-state index is -3.77. The van der Waals surface area contributed by atoms with Crippen LogP contribution < -0.4 is 10.0 Å². The summed E-state index contributed by atoms with van der Waals surface area (Å²) in [5, 5.41) is 3.27. The Balaban J connectivity index is 2.07. The van der Waals surface area contributed by atoms with Gasteiger partial charge in [-0.2, -0.15) is 0 Å². The van der Waals surface area contributed by atoms with Gasteiger partial charge in [-0.05, 0) is 36.5 Å². The predicted octanol–water partition coefficient (Wildman–Crippen LogP) is 2.01. The van der Waals surface area contributed by atoms with E-state index in [-0.39, 0.29) is 10.8 Å². The first-order valence-corrected chi connectivity index (χ1v) is 8.38. The Morgan fingerprint density at radius 3 is 2.60 bits per heavy atom. The minimum Gasteiger partial charge on any atom is -0.310 e. The third-order valence-electron chi connectivity index (χ3n) is 3.14. The zero-order valence-corrected chi connectivity index (χ0v) is 12.6. The Bertz CT molecular complexity index is 569. The van der Waals surface area contributed by atoms with Crippen molar-refractivity contribution < 1.29 is 12.8 Å². The maximum Gasteiger partial charge on any atom is 0.243 e. The summed E-state index contributed by atoms with van der Waals surface area (Å²) in [6.07, 6.45) is 2.32. The summed E-state index contributed by atoms with van der Waals surface area (Å²) in [7, 11) is -3.77. The molecule has 1 aromatic carbocycles. The lowest BCUT2D eigenvalue weighted by Crippen LogP contribution is -2.28. The molecular weight excluding hydrogens is 279 g/mol. The fraction of sp³-hybridized carbons (Fsp3) is 0.571. The largest absolute Gasteiger partial charge is 0.310 e. The van der Waals surface area contributed by atoms with Gasteiger partial charge in [-0.1, -0.05) is 19.9 Å². The molecule has 0 bridgehead atoms. The molecule has 0 radical (unpaired) electrons. The number of hydrogen-bond acceptors (Lipinski definition) is 3. The van der Waals surface area contributed by atoms with E-state index in [4.69, 9.17) is 0 Å². The molecule has 1 aromatic rings. The van der Waals surface area contributed by atoms with E-state index in [1.165, 1.54) is 12.1 Å². The van der Waals surface area contributed by atoms with Crippen LogP contribution in [0.1, 0.15) is 32.3 Å². The third-order valence-corrected chi connectivity index (χ3v) is 4.60. The molecule has 2 rings (SSSR count). The Labute approximate surface area is 119 Å². The Morgan fingerprint density at radius 1 is 1.35 bits per heavy atom. The van der Waals surface area contributed by atoms with Gasteiger partial charge < -0.3 is 5.32 Å². The van der Waals surface area contributed by atoms with Gasteiger partial charge in [0.2, 0.25) is 10.0 Å². The second-order valence-electron chi connectivity index (χ2n) is 5.67. The average Bonchev–Trinajstić information content (AvgIpc) is 3.18. The molecule has 0 heterocycles. The predicted molar refractivity (Wildman–Crippen MR) is 76.3 cm³/mol. The molecule has 20 heavy (non-hydrogen) atoms. The second kappa shape index (κ2) is 6.20. The molecule has 0 aliphatic heterocycles. The van der Waals surface area contributed by atoms with Crippen molar-refractivity contribution in [2.75, 3.05) is 6.54 Å². The normalized spacial score (nSPS) is 15.8. The van der Waals surface area contributed by atoms with Crippen molar-refractivity contribution >= 4 is 10.0 Å². The summed E-state index contributed by atoms with van der Waals surface area (Å²) in [4.78, 5) is -0.284. The Hall–Kier alpha value is -0.980. The molecule has 0 unspecified atom stereocenters. The second-order valence-corrected chi connectivity index (χ2v) is 7.40. The first-order chi connectivity index (χ1) is 9.38. The van der Waals surface area contributed by atoms with E-state index in [2.05, 4.69) is 10.0 Å². The van der Waals surface area contributed by atoms with Crippen LogP contribution in [0.25, 0.3) is 0 Å². The van der Waals surface area contributed by atoms with Gasteiger partial charge in [0.25, 0.3) is 0 Å². The molecule has 112 valence electrons. The van der Waals surface area contributed by atoms with E-state index in [0.717, 1.165) is 18.4 Å². The SMILES string of the molecule is CC(C)CNS(=O)(=O)c1ccc(CNC2CC2)cc1F. The summed E-state index contributed by atoms with van der Waals surface area (Å²) < 4.78 is 40.3. The number of nitrogens with one attached hydrogen (secondary N) is 2. The van der Waals surface area contributed by atoms with Crippen LogP contribution in [0.5, 0.6) is 0 Å². The molecular formula is C14H21FN2O2S. The van der Waals surface area contributed by atoms with Gasteiger partial charge >= 0.3 is 0 Å². The van der Waals surface area contributed by atoms with E-state index in [0.29, 0.717) is 19.1 Å². The smallest absolute Gasteiger partial charge is 0.243 e. The summed E-state index contributed by atoms with van der Waals surface area (Å²) >= 11 is 0. The number of benzene rings is 1. The molecule has 0 atom stereocenters. The first-order valence-electron chi connectivity index (χ1n) is 6.90. The summed E-state index contributed by atoms with van der Waals surface area (Å²) in [6, 6.07) is 4.82. The number of rotatable bonds is 7. The van der Waals surface area contributed by atoms with Crippen molar-refractivity contribution in [2.24, 2.45) is 5.92 Å². The van der Waals surface area contributed by atoms with Gasteiger partial charge in [0.05, 0.1) is 0 Å². The van der Waals surface area contributed by atoms with Gasteiger partial charge in [0, 0.05) is 19.1 Å². The number of hydrogen-bond donors (Lipinski definition) is 2. The molecule has 0 amide bonds. The highest BCUT2D eigenvalue weighted by Crippen LogP contribution is 2.20. The Kier molecular flexibility index (Phi) is 4.78. The van der Waals surface area contributed by atoms with Crippen LogP contribution in [0.2, 0.25) is 0 Å². The van der Waals surface area contributed by atoms with Crippen molar-refractivity contribution in [1.82, 2.24) is 10.0 Å². The summed E-state index contributed by atoms with van der Waals surface area (Å²) in [6.45, 7) is 4.66. The standard InChI is InChI=1S/C14H21FN2O2S/c1-10(2)8-17-20(18,19)14-6-3-11(7-13(14)15)9-16-12-4-5-12/h3,6-7,10,12,16-17H,4-5,8-9H2,1-2H3. The van der Waals surface area contributed by atoms with Crippen LogP contribution in [-0.4, -0.2) is 21.0 Å². The summed E-state index contributed by atoms with van der Waals surface area (Å²) in [5.41, 5.74) is 0.761. The van der Waals surface area contributed by atoms with Crippen molar-refractivity contribution in [3.05, 3.63) is 29.6 Å². The van der Waals surface area contributed by atoms with Crippen molar-refractivity contribution in [1.29, 1.82) is 0 Å². The van der Waals surface area contributed by atoms with Gasteiger partial charge in [-0.25, -0.2) is 17.5 Å². The van der Waals surface area contributed by atoms with E-state index in [1.807, 2.05) is 13.8 Å². The maximum atomic E-state index is 14.0. The Morgan fingerprint density at radius 2 is 2.05 bits per heavy atom. The molecule has 6 heteroatoms. The van der Waals surface area contributed by atoms with E-state index in [9.17, 15) is 12.8 Å². The van der Waals surface area contributed by atoms with Gasteiger partial charge in [-0.15, -0.1) is 0 Å². The molecule has 0 saturated heterocycles. The molecule has 1 aliphatic carbocycles. The molecule has 0 spiro atoms. The van der Waals surface area contributed by atoms with E-state index >= 15 is 0 Å². The van der Waals surface area contributed by atoms with Crippen LogP contribution in [0.3, 0.4) is 0 Å². The first kappa shape index (κ1) is 15.4. The van der Waals surface area contributed by atoms with Crippen LogP contribution in [0, 0.1) is 11.7 Å². The van der Waals surface area contributed by atoms with Gasteiger partial charge in [-0.3, -0.25) is 0 Å². The number of sulfonamides is 1. The highest BCUT2D eigenvalue weighted by atomic mass is 32.2. The van der Waals surface area contributed by atoms with Crippen molar-refractivity contribution in [2.45, 2.75) is 44.2 Å². The van der Waals surface area contributed by atoms with Crippen molar-refractivity contribution in [3.63, 3.8) is 0 Å². The monoisotopic (exact) mass is 300 g/mol. The lowest BCUT2D eigenvalue weighted by molar-refractivity contribution is 0.542. The fourth-order valence-electron chi connectivity index (χ4n) is 1.78. The molecule has 1 saturated carbocycles. The zero-order chi connectivity index (χ0) is 14.8. The van der Waals surface area contributed by atoms with Crippen LogP contribution in [0.15, 0.2) is 23.1 Å². The van der Waals surface area contributed by atoms with Crippen LogP contribution >= 0.6 is 0 Å². The molecule has 4 nitrogen and oxygen atoms in total. The van der Waals surface area contributed by atoms with Crippen LogP contribution in [0.4, 0.5) is 4.39 Å². The molecule has 1 fully saturated rings. The van der Waals surface area contributed by atoms with E-state index in [1.54, 1.807) is 6.07 Å². The van der Waals surface area contributed by atoms with Gasteiger partial charge in [0.1, 0.15) is 10.7 Å². The average molecular weight is 300 g/mol. The maximum absolute atomic E-state index is 14.0. The quantitative estimate of drug-likeness (QED) is 0.810. The van der Waals surface area contributed by atoms with Gasteiger partial charge in [0.15, 0.2) is 0 Å². The highest BCUT2D eigenvalue weighted by molar-refractivity contribution is 7.89. The molecule has 2 N–H and O–H groups in total. The third kappa shape index (κ3) is 4.26. The topological polar surface area (TPSA) is 58.2 Å². The lowest BCUT2D eigenvalue weighted by Gasteiger charge is -2.11.